The molecule has 0 bridgehead atoms. The zero-order chi connectivity index (χ0) is 26.1. The fraction of sp³-hybridized carbons (Fsp3) is 0.556. The largest absolute Gasteiger partial charge is 0.403 e. The van der Waals surface area contributed by atoms with Gasteiger partial charge in [0.05, 0.1) is 12.6 Å². The average Bonchev–Trinajstić information content (AvgIpc) is 2.84. The first kappa shape index (κ1) is 27.3. The molecule has 0 aromatic rings. The number of amides is 5. The fourth-order valence-electron chi connectivity index (χ4n) is 3.26. The molecule has 2 rings (SSSR count). The van der Waals surface area contributed by atoms with E-state index >= 15 is 0 Å². The summed E-state index contributed by atoms with van der Waals surface area (Å²) in [6.45, 7) is -1.24. The minimum absolute atomic E-state index is 0.0639. The van der Waals surface area contributed by atoms with E-state index < -0.39 is 78.6 Å². The van der Waals surface area contributed by atoms with Crippen LogP contribution in [0.15, 0.2) is 11.9 Å². The molecule has 0 aromatic heterocycles. The number of rotatable bonds is 3. The number of nitrogens with two attached hydrogens (primary N) is 3. The molecule has 2 saturated heterocycles. The van der Waals surface area contributed by atoms with E-state index in [1.54, 1.807) is 0 Å². The molecule has 2 aliphatic heterocycles. The highest BCUT2D eigenvalue weighted by molar-refractivity contribution is 6.02. The second-order valence-corrected chi connectivity index (χ2v) is 7.75. The van der Waals surface area contributed by atoms with E-state index in [4.69, 9.17) is 22.6 Å². The van der Waals surface area contributed by atoms with Crippen LogP contribution in [0.3, 0.4) is 0 Å². The molecule has 2 heterocycles. The smallest absolute Gasteiger partial charge is 0.270 e. The van der Waals surface area contributed by atoms with Crippen LogP contribution in [0.5, 0.6) is 0 Å². The van der Waals surface area contributed by atoms with E-state index in [0.717, 1.165) is 6.20 Å². The Labute approximate surface area is 199 Å². The van der Waals surface area contributed by atoms with Gasteiger partial charge in [-0.2, -0.15) is 0 Å². The summed E-state index contributed by atoms with van der Waals surface area (Å²) in [5.41, 5.74) is 16.4. The summed E-state index contributed by atoms with van der Waals surface area (Å²) in [4.78, 5) is 63.2. The fourth-order valence-corrected chi connectivity index (χ4v) is 3.26. The minimum atomic E-state index is -1.47. The van der Waals surface area contributed by atoms with Crippen molar-refractivity contribution in [2.75, 3.05) is 26.2 Å². The van der Waals surface area contributed by atoms with Crippen LogP contribution in [-0.2, 0) is 24.0 Å². The lowest BCUT2D eigenvalue weighted by atomic mass is 10.0. The topological polar surface area (TPSA) is 292 Å². The summed E-state index contributed by atoms with van der Waals surface area (Å²) in [6, 6.07) is -6.12. The van der Waals surface area contributed by atoms with Gasteiger partial charge in [0.1, 0.15) is 29.9 Å². The van der Waals surface area contributed by atoms with Gasteiger partial charge in [-0.3, -0.25) is 29.4 Å². The zero-order valence-corrected chi connectivity index (χ0v) is 18.7. The predicted molar refractivity (Wildman–Crippen MR) is 121 cm³/mol. The van der Waals surface area contributed by atoms with Crippen molar-refractivity contribution >= 4 is 35.5 Å². The van der Waals surface area contributed by atoms with E-state index in [1.165, 1.54) is 0 Å². The third kappa shape index (κ3) is 7.26. The van der Waals surface area contributed by atoms with Gasteiger partial charge in [0.2, 0.25) is 23.6 Å². The van der Waals surface area contributed by atoms with Crippen LogP contribution in [-0.4, -0.2) is 97.1 Å². The van der Waals surface area contributed by atoms with E-state index in [-0.39, 0.29) is 12.5 Å². The van der Waals surface area contributed by atoms with Crippen molar-refractivity contribution < 1.29 is 29.1 Å². The molecule has 35 heavy (non-hydrogen) atoms. The van der Waals surface area contributed by atoms with Crippen molar-refractivity contribution in [1.29, 1.82) is 5.41 Å². The predicted octanol–water partition coefficient (Wildman–Crippen LogP) is -7.35. The molecule has 0 radical (unpaired) electrons. The van der Waals surface area contributed by atoms with Crippen molar-refractivity contribution in [2.45, 2.75) is 36.6 Å². The third-order valence-corrected chi connectivity index (χ3v) is 5.24. The van der Waals surface area contributed by atoms with Gasteiger partial charge in [-0.05, 0) is 6.42 Å². The van der Waals surface area contributed by atoms with Crippen LogP contribution in [0.25, 0.3) is 0 Å². The van der Waals surface area contributed by atoms with E-state index in [9.17, 15) is 29.1 Å². The molecule has 17 nitrogen and oxygen atoms in total. The number of nitrogens with one attached hydrogen (secondary N) is 8. The monoisotopic (exact) mass is 497 g/mol. The van der Waals surface area contributed by atoms with Crippen LogP contribution in [0.1, 0.15) is 6.42 Å². The first-order valence-corrected chi connectivity index (χ1v) is 10.7. The summed E-state index contributed by atoms with van der Waals surface area (Å²) >= 11 is 0. The highest BCUT2D eigenvalue weighted by Crippen LogP contribution is 2.05. The van der Waals surface area contributed by atoms with E-state index in [2.05, 4.69) is 37.2 Å². The molecular weight excluding hydrogens is 466 g/mol. The maximum atomic E-state index is 12.9. The van der Waals surface area contributed by atoms with Crippen molar-refractivity contribution in [3.63, 3.8) is 0 Å². The minimum Gasteiger partial charge on any atom is -0.403 e. The number of hydrogen-bond donors (Lipinski definition) is 12. The Bertz CT molecular complexity index is 894. The lowest BCUT2D eigenvalue weighted by Crippen LogP contribution is -2.65. The van der Waals surface area contributed by atoms with Gasteiger partial charge < -0.3 is 59.5 Å². The van der Waals surface area contributed by atoms with Gasteiger partial charge in [0.25, 0.3) is 5.91 Å². The molecule has 0 aromatic carbocycles. The van der Waals surface area contributed by atoms with Crippen molar-refractivity contribution in [3.05, 3.63) is 11.9 Å². The van der Waals surface area contributed by atoms with Gasteiger partial charge >= 0.3 is 0 Å². The molecule has 5 atom stereocenters. The number of carbonyl (C=O) groups excluding carboxylic acids is 5. The number of carbonyl (C=O) groups is 5. The van der Waals surface area contributed by atoms with Gasteiger partial charge in [0.15, 0.2) is 5.96 Å². The summed E-state index contributed by atoms with van der Waals surface area (Å²) in [7, 11) is 0. The van der Waals surface area contributed by atoms with Crippen molar-refractivity contribution in [2.24, 2.45) is 17.2 Å². The molecule has 0 spiro atoms. The number of guanidine groups is 1. The Kier molecular flexibility index (Phi) is 9.74. The molecule has 2 aliphatic rings. The molecule has 5 amide bonds. The maximum absolute atomic E-state index is 12.9. The Morgan fingerprint density at radius 2 is 1.63 bits per heavy atom. The van der Waals surface area contributed by atoms with Crippen LogP contribution in [0.2, 0.25) is 0 Å². The Morgan fingerprint density at radius 1 is 0.943 bits per heavy atom. The Balaban J connectivity index is 2.37. The molecule has 2 fully saturated rings. The molecule has 0 saturated carbocycles. The highest BCUT2D eigenvalue weighted by atomic mass is 16.3. The molecule has 0 aliphatic carbocycles. The summed E-state index contributed by atoms with van der Waals surface area (Å²) in [6.07, 6.45) is 1.13. The third-order valence-electron chi connectivity index (χ3n) is 5.24. The van der Waals surface area contributed by atoms with Crippen LogP contribution in [0.4, 0.5) is 0 Å². The first-order chi connectivity index (χ1) is 16.6. The van der Waals surface area contributed by atoms with Gasteiger partial charge in [-0.15, -0.1) is 0 Å². The first-order valence-electron chi connectivity index (χ1n) is 10.7. The summed E-state index contributed by atoms with van der Waals surface area (Å²) in [5, 5.41) is 34.4. The quantitative estimate of drug-likeness (QED) is 0.162. The maximum Gasteiger partial charge on any atom is 0.270 e. The normalized spacial score (nSPS) is 30.7. The second kappa shape index (κ2) is 12.5. The van der Waals surface area contributed by atoms with Crippen LogP contribution in [0, 0.1) is 5.41 Å². The zero-order valence-electron chi connectivity index (χ0n) is 18.7. The number of aliphatic hydroxyl groups is 1. The molecule has 194 valence electrons. The van der Waals surface area contributed by atoms with Gasteiger partial charge in [0, 0.05) is 25.8 Å². The number of aliphatic hydroxyl groups excluding tert-OH is 1. The van der Waals surface area contributed by atoms with Crippen molar-refractivity contribution in [1.82, 2.24) is 37.2 Å². The molecule has 17 heteroatoms. The van der Waals surface area contributed by atoms with Crippen LogP contribution >= 0.6 is 0 Å². The van der Waals surface area contributed by atoms with Crippen LogP contribution < -0.4 is 54.4 Å². The molecule has 1 unspecified atom stereocenters. The Hall–Kier alpha value is -3.96. The van der Waals surface area contributed by atoms with Crippen molar-refractivity contribution in [3.8, 4) is 0 Å². The Morgan fingerprint density at radius 3 is 2.23 bits per heavy atom. The van der Waals surface area contributed by atoms with Gasteiger partial charge in [-0.1, -0.05) is 0 Å². The standard InChI is InChI=1S/C18H31N11O6/c19-3-9-14(32)25-10(4-20)15(33)29-12(8-1-2-23-18(22)28-8)17(35)24-5-7(21)13(31)27-11(6-30)16(34)26-9/h4,7-9,11-12,30H,1-3,5-6,19-21H2,(H,24,35)(H,25,32)(H,26,34)(H,27,31)(H,29,33)(H3,22,23,28)/b10-4-/t7-,8?,9-,11-,12-/m0/s1. The van der Waals surface area contributed by atoms with E-state index in [1.807, 2.05) is 0 Å². The SMILES string of the molecule is N=C1NCCC([C@@H]2NC(=O)/C(=C/N)NC(=O)[C@H](CN)NC(=O)[C@H](CO)NC(=O)[C@@H](N)CNC2=O)N1. The average molecular weight is 498 g/mol. The summed E-state index contributed by atoms with van der Waals surface area (Å²) < 4.78 is 0. The lowest BCUT2D eigenvalue weighted by Gasteiger charge is -2.33. The van der Waals surface area contributed by atoms with E-state index in [0.29, 0.717) is 13.0 Å². The van der Waals surface area contributed by atoms with Gasteiger partial charge in [-0.25, -0.2) is 0 Å². The molecular formula is C18H31N11O6. The lowest BCUT2D eigenvalue weighted by molar-refractivity contribution is -0.133. The summed E-state index contributed by atoms with van der Waals surface area (Å²) in [5.74, 6) is -4.45. The highest BCUT2D eigenvalue weighted by Gasteiger charge is 2.35. The number of hydrogen-bond acceptors (Lipinski definition) is 10. The molecule has 15 N–H and O–H groups in total. The second-order valence-electron chi connectivity index (χ2n) is 7.75.